The number of aryl methyl sites for hydroxylation is 1. The molecule has 110 valence electrons. The van der Waals surface area contributed by atoms with E-state index in [9.17, 15) is 0 Å². The molecule has 2 N–H and O–H groups in total. The maximum Gasteiger partial charge on any atom is 0.124 e. The van der Waals surface area contributed by atoms with Crippen LogP contribution in [-0.4, -0.2) is 5.60 Å². The average Bonchev–Trinajstić information content (AvgIpc) is 2.62. The highest BCUT2D eigenvalue weighted by Gasteiger charge is 2.40. The summed E-state index contributed by atoms with van der Waals surface area (Å²) in [5.74, 6) is 1.91. The minimum absolute atomic E-state index is 0.00555. The Bertz CT molecular complexity index is 484. The minimum Gasteiger partial charge on any atom is -0.487 e. The summed E-state index contributed by atoms with van der Waals surface area (Å²) in [4.78, 5) is 0. The molecule has 1 heterocycles. The number of nitrogens with two attached hydrogens (primary N) is 1. The van der Waals surface area contributed by atoms with Crippen LogP contribution in [0.15, 0.2) is 18.2 Å². The zero-order valence-corrected chi connectivity index (χ0v) is 12.8. The lowest BCUT2D eigenvalue weighted by molar-refractivity contribution is 0.0203. The molecule has 1 aromatic carbocycles. The Morgan fingerprint density at radius 3 is 2.95 bits per heavy atom. The van der Waals surface area contributed by atoms with Gasteiger partial charge >= 0.3 is 0 Å². The van der Waals surface area contributed by atoms with Crippen molar-refractivity contribution < 1.29 is 4.74 Å². The predicted octanol–water partition coefficient (Wildman–Crippen LogP) is 4.51. The third-order valence-corrected chi connectivity index (χ3v) is 5.31. The highest BCUT2D eigenvalue weighted by atomic mass is 16.5. The van der Waals surface area contributed by atoms with Gasteiger partial charge in [0.15, 0.2) is 0 Å². The van der Waals surface area contributed by atoms with Gasteiger partial charge in [0.2, 0.25) is 0 Å². The van der Waals surface area contributed by atoms with Gasteiger partial charge in [0.05, 0.1) is 0 Å². The molecule has 1 saturated carbocycles. The lowest BCUT2D eigenvalue weighted by Gasteiger charge is -2.41. The first kappa shape index (κ1) is 13.9. The van der Waals surface area contributed by atoms with E-state index in [1.54, 1.807) is 0 Å². The Kier molecular flexibility index (Phi) is 3.76. The van der Waals surface area contributed by atoms with Crippen LogP contribution in [0.25, 0.3) is 0 Å². The smallest absolute Gasteiger partial charge is 0.124 e. The van der Waals surface area contributed by atoms with E-state index < -0.39 is 0 Å². The lowest BCUT2D eigenvalue weighted by atomic mass is 9.82. The molecule has 0 radical (unpaired) electrons. The van der Waals surface area contributed by atoms with Crippen LogP contribution in [0.1, 0.15) is 69.0 Å². The molecule has 1 aromatic rings. The summed E-state index contributed by atoms with van der Waals surface area (Å²) in [6.07, 6.45) is 8.57. The normalized spacial score (nSPS) is 33.4. The summed E-state index contributed by atoms with van der Waals surface area (Å²) < 4.78 is 6.48. The molecular formula is C18H27NO. The van der Waals surface area contributed by atoms with E-state index in [0.717, 1.165) is 18.1 Å². The summed E-state index contributed by atoms with van der Waals surface area (Å²) in [7, 11) is 0. The molecule has 1 fully saturated rings. The molecule has 2 nitrogen and oxygen atoms in total. The Morgan fingerprint density at radius 2 is 2.15 bits per heavy atom. The molecule has 0 bridgehead atoms. The predicted molar refractivity (Wildman–Crippen MR) is 82.9 cm³/mol. The van der Waals surface area contributed by atoms with E-state index in [0.29, 0.717) is 0 Å². The van der Waals surface area contributed by atoms with Crippen molar-refractivity contribution in [1.82, 2.24) is 0 Å². The van der Waals surface area contributed by atoms with E-state index in [1.165, 1.54) is 49.7 Å². The zero-order chi connectivity index (χ0) is 14.2. The van der Waals surface area contributed by atoms with Crippen LogP contribution in [0.2, 0.25) is 0 Å². The summed E-state index contributed by atoms with van der Waals surface area (Å²) in [5.41, 5.74) is 8.93. The first-order valence-electron chi connectivity index (χ1n) is 8.17. The van der Waals surface area contributed by atoms with Crippen molar-refractivity contribution in [3.8, 4) is 5.75 Å². The molecule has 2 heteroatoms. The van der Waals surface area contributed by atoms with Crippen molar-refractivity contribution in [3.63, 3.8) is 0 Å². The molecular weight excluding hydrogens is 246 g/mol. The van der Waals surface area contributed by atoms with Gasteiger partial charge in [-0.15, -0.1) is 0 Å². The van der Waals surface area contributed by atoms with Gasteiger partial charge in [-0.1, -0.05) is 37.5 Å². The van der Waals surface area contributed by atoms with E-state index >= 15 is 0 Å². The highest BCUT2D eigenvalue weighted by molar-refractivity contribution is 5.41. The largest absolute Gasteiger partial charge is 0.487 e. The number of fused-ring (bicyclic) bond motifs is 1. The van der Waals surface area contributed by atoms with E-state index in [2.05, 4.69) is 32.0 Å². The van der Waals surface area contributed by atoms with Crippen LogP contribution in [0.3, 0.4) is 0 Å². The van der Waals surface area contributed by atoms with E-state index in [-0.39, 0.29) is 11.6 Å². The van der Waals surface area contributed by atoms with Crippen LogP contribution in [0.4, 0.5) is 0 Å². The van der Waals surface area contributed by atoms with Gasteiger partial charge in [-0.25, -0.2) is 0 Å². The summed E-state index contributed by atoms with van der Waals surface area (Å²) >= 11 is 0. The third-order valence-electron chi connectivity index (χ3n) is 5.31. The van der Waals surface area contributed by atoms with Crippen molar-refractivity contribution >= 4 is 0 Å². The molecule has 3 rings (SSSR count). The summed E-state index contributed by atoms with van der Waals surface area (Å²) in [5, 5.41) is 0. The maximum atomic E-state index is 6.48. The van der Waals surface area contributed by atoms with Gasteiger partial charge in [-0.3, -0.25) is 0 Å². The molecule has 0 amide bonds. The number of benzene rings is 1. The van der Waals surface area contributed by atoms with Crippen LogP contribution >= 0.6 is 0 Å². The highest BCUT2D eigenvalue weighted by Crippen LogP contribution is 2.45. The second-order valence-electron chi connectivity index (χ2n) is 6.84. The fourth-order valence-corrected chi connectivity index (χ4v) is 4.00. The first-order valence-corrected chi connectivity index (χ1v) is 8.17. The molecule has 0 saturated heterocycles. The summed E-state index contributed by atoms with van der Waals surface area (Å²) in [6.45, 7) is 4.43. The Morgan fingerprint density at radius 1 is 1.30 bits per heavy atom. The van der Waals surface area contributed by atoms with Gasteiger partial charge in [0.25, 0.3) is 0 Å². The van der Waals surface area contributed by atoms with Crippen LogP contribution in [0.5, 0.6) is 5.75 Å². The number of rotatable bonds is 1. The van der Waals surface area contributed by atoms with Crippen molar-refractivity contribution in [2.24, 2.45) is 11.7 Å². The average molecular weight is 273 g/mol. The second kappa shape index (κ2) is 5.40. The molecule has 0 aromatic heterocycles. The Balaban J connectivity index is 1.85. The SMILES string of the molecule is CCC1CCCC2(CC1)CC(N)c1cc(C)ccc1O2. The first-order chi connectivity index (χ1) is 9.62. The van der Waals surface area contributed by atoms with Crippen molar-refractivity contribution in [1.29, 1.82) is 0 Å². The van der Waals surface area contributed by atoms with Gasteiger partial charge in [-0.05, 0) is 44.6 Å². The molecule has 1 aliphatic heterocycles. The lowest BCUT2D eigenvalue weighted by Crippen LogP contribution is -2.42. The Labute approximate surface area is 122 Å². The number of ether oxygens (including phenoxy) is 1. The van der Waals surface area contributed by atoms with Gasteiger partial charge in [-0.2, -0.15) is 0 Å². The fourth-order valence-electron chi connectivity index (χ4n) is 4.00. The van der Waals surface area contributed by atoms with Crippen molar-refractivity contribution in [2.45, 2.75) is 70.4 Å². The van der Waals surface area contributed by atoms with Gasteiger partial charge in [0, 0.05) is 18.0 Å². The van der Waals surface area contributed by atoms with E-state index in [1.807, 2.05) is 0 Å². The molecule has 20 heavy (non-hydrogen) atoms. The molecule has 1 aliphatic carbocycles. The Hall–Kier alpha value is -1.02. The standard InChI is InChI=1S/C18H27NO/c1-3-14-5-4-9-18(10-8-14)12-16(19)15-11-13(2)6-7-17(15)20-18/h6-7,11,14,16H,3-5,8-10,12,19H2,1-2H3. The van der Waals surface area contributed by atoms with E-state index in [4.69, 9.17) is 10.5 Å². The van der Waals surface area contributed by atoms with Crippen molar-refractivity contribution in [3.05, 3.63) is 29.3 Å². The van der Waals surface area contributed by atoms with Gasteiger partial charge < -0.3 is 10.5 Å². The maximum absolute atomic E-state index is 6.48. The fraction of sp³-hybridized carbons (Fsp3) is 0.667. The third kappa shape index (κ3) is 2.58. The number of hydrogen-bond donors (Lipinski definition) is 1. The van der Waals surface area contributed by atoms with Crippen LogP contribution in [-0.2, 0) is 0 Å². The quantitative estimate of drug-likeness (QED) is 0.817. The van der Waals surface area contributed by atoms with Gasteiger partial charge in [0.1, 0.15) is 11.4 Å². The number of hydrogen-bond acceptors (Lipinski definition) is 2. The van der Waals surface area contributed by atoms with Crippen molar-refractivity contribution in [2.75, 3.05) is 0 Å². The minimum atomic E-state index is 0.00555. The molecule has 3 unspecified atom stereocenters. The monoisotopic (exact) mass is 273 g/mol. The molecule has 1 spiro atoms. The second-order valence-corrected chi connectivity index (χ2v) is 6.84. The van der Waals surface area contributed by atoms with Crippen LogP contribution < -0.4 is 10.5 Å². The summed E-state index contributed by atoms with van der Waals surface area (Å²) in [6, 6.07) is 6.58. The molecule has 2 aliphatic rings. The molecule has 3 atom stereocenters. The zero-order valence-electron chi connectivity index (χ0n) is 12.8. The van der Waals surface area contributed by atoms with Crippen LogP contribution in [0, 0.1) is 12.8 Å². The topological polar surface area (TPSA) is 35.2 Å².